The molecule has 2 atom stereocenters. The molecular formula is C19H39KO4S. The van der Waals surface area contributed by atoms with Crippen molar-refractivity contribution < 1.29 is 69.5 Å². The van der Waals surface area contributed by atoms with Gasteiger partial charge in [0.25, 0.3) is 0 Å². The molecule has 4 nitrogen and oxygen atoms in total. The Balaban J connectivity index is 0. The summed E-state index contributed by atoms with van der Waals surface area (Å²) in [7, 11) is -4.42. The third kappa shape index (κ3) is 17.3. The Morgan fingerprint density at radius 3 is 1.48 bits per heavy atom. The average Bonchev–Trinajstić information content (AvgIpc) is 2.52. The van der Waals surface area contributed by atoms with Crippen LogP contribution in [0.25, 0.3) is 0 Å². The van der Waals surface area contributed by atoms with E-state index in [0.29, 0.717) is 19.3 Å². The van der Waals surface area contributed by atoms with Crippen LogP contribution in [0.1, 0.15) is 110 Å². The van der Waals surface area contributed by atoms with Gasteiger partial charge >= 0.3 is 51.4 Å². The maximum absolute atomic E-state index is 11.4. The summed E-state index contributed by atoms with van der Waals surface area (Å²) in [5, 5.41) is 9.02. The Bertz CT molecular complexity index is 374. The summed E-state index contributed by atoms with van der Waals surface area (Å²) in [4.78, 5) is 0. The zero-order valence-electron chi connectivity index (χ0n) is 16.8. The first kappa shape index (κ1) is 28.7. The minimum Gasteiger partial charge on any atom is -0.748 e. The second-order valence-electron chi connectivity index (χ2n) is 7.07. The van der Waals surface area contributed by atoms with Gasteiger partial charge in [-0.2, -0.15) is 0 Å². The van der Waals surface area contributed by atoms with Crippen molar-refractivity contribution in [2.75, 3.05) is 0 Å². The van der Waals surface area contributed by atoms with E-state index in [2.05, 4.69) is 13.8 Å². The van der Waals surface area contributed by atoms with Crippen molar-refractivity contribution in [1.82, 2.24) is 0 Å². The third-order valence-corrected chi connectivity index (χ3v) is 6.04. The van der Waals surface area contributed by atoms with Crippen LogP contribution in [0.4, 0.5) is 0 Å². The summed E-state index contributed by atoms with van der Waals surface area (Å²) >= 11 is 0. The Kier molecular flexibility index (Phi) is 21.7. The van der Waals surface area contributed by atoms with Crippen LogP contribution < -0.4 is 51.4 Å². The first-order valence-corrected chi connectivity index (χ1v) is 11.5. The standard InChI is InChI=1S/C19H40O4S.K/c1-3-5-7-9-11-13-15-17-19(24(21,22)23)18(20)16-14-12-10-8-6-4-2;/h18-20H,3-17H2,1-2H3,(H,21,22,23);/q;+1/p-1. The van der Waals surface area contributed by atoms with E-state index < -0.39 is 21.5 Å². The van der Waals surface area contributed by atoms with Crippen LogP contribution in [0.5, 0.6) is 0 Å². The molecule has 6 heteroatoms. The van der Waals surface area contributed by atoms with Crippen LogP contribution in [0.2, 0.25) is 0 Å². The molecule has 0 aliphatic heterocycles. The second kappa shape index (κ2) is 18.9. The molecule has 0 fully saturated rings. The van der Waals surface area contributed by atoms with Gasteiger partial charge in [-0.25, -0.2) is 8.42 Å². The van der Waals surface area contributed by atoms with E-state index in [0.717, 1.165) is 32.1 Å². The summed E-state index contributed by atoms with van der Waals surface area (Å²) in [5.41, 5.74) is 0. The first-order valence-electron chi connectivity index (χ1n) is 10.1. The maximum atomic E-state index is 11.4. The van der Waals surface area contributed by atoms with E-state index in [9.17, 15) is 18.1 Å². The predicted octanol–water partition coefficient (Wildman–Crippen LogP) is 2.16. The fourth-order valence-corrected chi connectivity index (χ4v) is 4.13. The zero-order valence-corrected chi connectivity index (χ0v) is 20.8. The van der Waals surface area contributed by atoms with Crippen LogP contribution in [0.15, 0.2) is 0 Å². The number of hydrogen-bond donors (Lipinski definition) is 1. The summed E-state index contributed by atoms with van der Waals surface area (Å²) in [6.45, 7) is 4.34. The molecule has 1 N–H and O–H groups in total. The van der Waals surface area contributed by atoms with Gasteiger partial charge in [-0.15, -0.1) is 0 Å². The molecule has 0 radical (unpaired) electrons. The van der Waals surface area contributed by atoms with Crippen LogP contribution in [-0.2, 0) is 10.1 Å². The number of aliphatic hydroxyl groups is 1. The van der Waals surface area contributed by atoms with E-state index in [4.69, 9.17) is 0 Å². The average molecular weight is 403 g/mol. The molecule has 0 aromatic rings. The molecule has 25 heavy (non-hydrogen) atoms. The van der Waals surface area contributed by atoms with Gasteiger partial charge < -0.3 is 9.66 Å². The van der Waals surface area contributed by atoms with Gasteiger partial charge in [0.2, 0.25) is 0 Å². The third-order valence-electron chi connectivity index (χ3n) is 4.75. The molecule has 0 heterocycles. The van der Waals surface area contributed by atoms with Crippen molar-refractivity contribution in [2.45, 2.75) is 122 Å². The van der Waals surface area contributed by atoms with Gasteiger partial charge in [0.1, 0.15) is 10.1 Å². The maximum Gasteiger partial charge on any atom is 1.00 e. The normalized spacial score (nSPS) is 14.1. The summed E-state index contributed by atoms with van der Waals surface area (Å²) in [5.74, 6) is 0. The Hall–Kier alpha value is 1.51. The molecule has 0 saturated carbocycles. The Morgan fingerprint density at radius 1 is 0.720 bits per heavy atom. The van der Waals surface area contributed by atoms with Crippen LogP contribution in [0, 0.1) is 0 Å². The number of rotatable bonds is 17. The van der Waals surface area contributed by atoms with E-state index in [1.165, 1.54) is 44.9 Å². The zero-order chi connectivity index (χ0) is 18.3. The molecule has 0 aliphatic rings. The van der Waals surface area contributed by atoms with Crippen LogP contribution in [0.3, 0.4) is 0 Å². The largest absolute Gasteiger partial charge is 1.00 e. The topological polar surface area (TPSA) is 77.4 Å². The minimum absolute atomic E-state index is 0. The smallest absolute Gasteiger partial charge is 0.748 e. The predicted molar refractivity (Wildman–Crippen MR) is 100 cm³/mol. The second-order valence-corrected chi connectivity index (χ2v) is 8.66. The molecule has 2 unspecified atom stereocenters. The van der Waals surface area contributed by atoms with Gasteiger partial charge in [-0.1, -0.05) is 97.3 Å². The molecular weight excluding hydrogens is 363 g/mol. The van der Waals surface area contributed by atoms with Gasteiger partial charge in [0, 0.05) is 0 Å². The van der Waals surface area contributed by atoms with E-state index in [1.54, 1.807) is 0 Å². The van der Waals surface area contributed by atoms with Crippen molar-refractivity contribution >= 4 is 10.1 Å². The summed E-state index contributed by atoms with van der Waals surface area (Å²) < 4.78 is 34.3. The van der Waals surface area contributed by atoms with Gasteiger partial charge in [0.15, 0.2) is 0 Å². The van der Waals surface area contributed by atoms with Gasteiger partial charge in [-0.3, -0.25) is 0 Å². The van der Waals surface area contributed by atoms with Crippen molar-refractivity contribution in [2.24, 2.45) is 0 Å². The van der Waals surface area contributed by atoms with Crippen molar-refractivity contribution in [3.05, 3.63) is 0 Å². The van der Waals surface area contributed by atoms with Crippen molar-refractivity contribution in [3.8, 4) is 0 Å². The Labute approximate surface area is 199 Å². The molecule has 0 spiro atoms. The first-order chi connectivity index (χ1) is 11.4. The molecule has 0 saturated heterocycles. The van der Waals surface area contributed by atoms with Crippen LogP contribution in [-0.4, -0.2) is 29.4 Å². The van der Waals surface area contributed by atoms with Crippen LogP contribution >= 0.6 is 0 Å². The fraction of sp³-hybridized carbons (Fsp3) is 1.00. The number of unbranched alkanes of at least 4 members (excludes halogenated alkanes) is 11. The molecule has 0 aliphatic carbocycles. The van der Waals surface area contributed by atoms with E-state index in [-0.39, 0.29) is 51.4 Å². The van der Waals surface area contributed by atoms with E-state index in [1.807, 2.05) is 0 Å². The molecule has 0 rings (SSSR count). The number of aliphatic hydroxyl groups excluding tert-OH is 1. The molecule has 0 amide bonds. The van der Waals surface area contributed by atoms with E-state index >= 15 is 0 Å². The van der Waals surface area contributed by atoms with Crippen molar-refractivity contribution in [3.63, 3.8) is 0 Å². The Morgan fingerprint density at radius 2 is 1.08 bits per heavy atom. The summed E-state index contributed by atoms with van der Waals surface area (Å²) in [6, 6.07) is 0. The van der Waals surface area contributed by atoms with Gasteiger partial charge in [0.05, 0.1) is 11.4 Å². The minimum atomic E-state index is -4.42. The molecule has 146 valence electrons. The molecule has 0 bridgehead atoms. The molecule has 0 aromatic heterocycles. The number of hydrogen-bond acceptors (Lipinski definition) is 4. The fourth-order valence-electron chi connectivity index (χ4n) is 3.15. The summed E-state index contributed by atoms with van der Waals surface area (Å²) in [6.07, 6.45) is 13.8. The van der Waals surface area contributed by atoms with Gasteiger partial charge in [-0.05, 0) is 12.8 Å². The SMILES string of the molecule is CCCCCCCCCC(C(O)CCCCCCCC)S(=O)(=O)[O-].[K+]. The van der Waals surface area contributed by atoms with Crippen molar-refractivity contribution in [1.29, 1.82) is 0 Å². The molecule has 0 aromatic carbocycles. The quantitative estimate of drug-likeness (QED) is 0.230. The monoisotopic (exact) mass is 402 g/mol.